The van der Waals surface area contributed by atoms with E-state index in [2.05, 4.69) is 17.4 Å². The molecule has 0 fully saturated rings. The highest BCUT2D eigenvalue weighted by molar-refractivity contribution is 5.18. The van der Waals surface area contributed by atoms with E-state index in [1.165, 1.54) is 5.56 Å². The Morgan fingerprint density at radius 2 is 2.00 bits per heavy atom. The first-order valence-corrected chi connectivity index (χ1v) is 6.19. The fourth-order valence-electron chi connectivity index (χ4n) is 1.80. The van der Waals surface area contributed by atoms with Crippen molar-refractivity contribution in [3.63, 3.8) is 0 Å². The standard InChI is InChI=1S/C14H23NO2/c1-12(16)7-6-10-15-14(11-17-2)13-8-4-3-5-9-13/h3-5,8-9,12,14-16H,6-7,10-11H2,1-2H3. The average Bonchev–Trinajstić information content (AvgIpc) is 2.34. The summed E-state index contributed by atoms with van der Waals surface area (Å²) in [6.45, 7) is 3.39. The summed E-state index contributed by atoms with van der Waals surface area (Å²) in [5, 5.41) is 12.6. The molecule has 2 N–H and O–H groups in total. The van der Waals surface area contributed by atoms with Gasteiger partial charge in [0.2, 0.25) is 0 Å². The maximum Gasteiger partial charge on any atom is 0.0657 e. The Morgan fingerprint density at radius 1 is 1.29 bits per heavy atom. The number of aliphatic hydroxyl groups excluding tert-OH is 1. The lowest BCUT2D eigenvalue weighted by Gasteiger charge is -2.18. The fourth-order valence-corrected chi connectivity index (χ4v) is 1.80. The first kappa shape index (κ1) is 14.2. The van der Waals surface area contributed by atoms with Crippen molar-refractivity contribution >= 4 is 0 Å². The Bertz CT molecular complexity index is 288. The SMILES string of the molecule is COCC(NCCCC(C)O)c1ccccc1. The van der Waals surface area contributed by atoms with Crippen LogP contribution in [0.15, 0.2) is 30.3 Å². The van der Waals surface area contributed by atoms with Crippen LogP contribution < -0.4 is 5.32 Å². The molecule has 2 atom stereocenters. The van der Waals surface area contributed by atoms with E-state index in [0.717, 1.165) is 19.4 Å². The van der Waals surface area contributed by atoms with Crippen LogP contribution in [0.25, 0.3) is 0 Å². The van der Waals surface area contributed by atoms with E-state index in [4.69, 9.17) is 4.74 Å². The number of hydrogen-bond donors (Lipinski definition) is 2. The number of nitrogens with one attached hydrogen (secondary N) is 1. The Morgan fingerprint density at radius 3 is 2.59 bits per heavy atom. The summed E-state index contributed by atoms with van der Waals surface area (Å²) in [6, 6.07) is 10.5. The molecule has 0 amide bonds. The van der Waals surface area contributed by atoms with Crippen LogP contribution in [0.4, 0.5) is 0 Å². The van der Waals surface area contributed by atoms with Gasteiger partial charge in [-0.3, -0.25) is 0 Å². The summed E-state index contributed by atoms with van der Waals surface area (Å²) in [5.41, 5.74) is 1.24. The largest absolute Gasteiger partial charge is 0.393 e. The molecule has 0 aromatic heterocycles. The molecule has 0 bridgehead atoms. The predicted octanol–water partition coefficient (Wildman–Crippen LogP) is 2.12. The molecule has 0 aliphatic rings. The Kier molecular flexibility index (Phi) is 6.86. The van der Waals surface area contributed by atoms with Crippen LogP contribution in [0.2, 0.25) is 0 Å². The van der Waals surface area contributed by atoms with Crippen molar-refractivity contribution in [1.29, 1.82) is 0 Å². The highest BCUT2D eigenvalue weighted by Crippen LogP contribution is 2.12. The normalized spacial score (nSPS) is 14.5. The van der Waals surface area contributed by atoms with Gasteiger partial charge >= 0.3 is 0 Å². The smallest absolute Gasteiger partial charge is 0.0657 e. The van der Waals surface area contributed by atoms with E-state index in [9.17, 15) is 5.11 Å². The van der Waals surface area contributed by atoms with Gasteiger partial charge in [0.15, 0.2) is 0 Å². The summed E-state index contributed by atoms with van der Waals surface area (Å²) in [4.78, 5) is 0. The molecule has 0 radical (unpaired) electrons. The minimum atomic E-state index is -0.214. The highest BCUT2D eigenvalue weighted by Gasteiger charge is 2.09. The summed E-state index contributed by atoms with van der Waals surface area (Å²) in [5.74, 6) is 0. The van der Waals surface area contributed by atoms with Crippen LogP contribution in [0.1, 0.15) is 31.4 Å². The summed E-state index contributed by atoms with van der Waals surface area (Å²) in [6.07, 6.45) is 1.60. The second kappa shape index (κ2) is 8.23. The minimum absolute atomic E-state index is 0.214. The molecule has 0 heterocycles. The third-order valence-corrected chi connectivity index (χ3v) is 2.72. The third kappa shape index (κ3) is 5.82. The lowest BCUT2D eigenvalue weighted by molar-refractivity contribution is 0.162. The first-order valence-electron chi connectivity index (χ1n) is 6.19. The lowest BCUT2D eigenvalue weighted by Crippen LogP contribution is -2.26. The van der Waals surface area contributed by atoms with Crippen LogP contribution in [-0.2, 0) is 4.74 Å². The summed E-state index contributed by atoms with van der Waals surface area (Å²) >= 11 is 0. The molecule has 1 rings (SSSR count). The van der Waals surface area contributed by atoms with Gasteiger partial charge in [-0.05, 0) is 31.9 Å². The van der Waals surface area contributed by atoms with Gasteiger partial charge in [0.1, 0.15) is 0 Å². The molecule has 0 aliphatic heterocycles. The van der Waals surface area contributed by atoms with Crippen LogP contribution in [0.3, 0.4) is 0 Å². The molecule has 3 nitrogen and oxygen atoms in total. The number of methoxy groups -OCH3 is 1. The van der Waals surface area contributed by atoms with Crippen LogP contribution in [0, 0.1) is 0 Å². The number of benzene rings is 1. The van der Waals surface area contributed by atoms with Crippen molar-refractivity contribution in [2.75, 3.05) is 20.3 Å². The summed E-state index contributed by atoms with van der Waals surface area (Å²) < 4.78 is 5.22. The van der Waals surface area contributed by atoms with Gasteiger partial charge in [-0.15, -0.1) is 0 Å². The number of ether oxygens (including phenoxy) is 1. The van der Waals surface area contributed by atoms with E-state index >= 15 is 0 Å². The summed E-state index contributed by atoms with van der Waals surface area (Å²) in [7, 11) is 1.72. The fraction of sp³-hybridized carbons (Fsp3) is 0.571. The average molecular weight is 237 g/mol. The van der Waals surface area contributed by atoms with E-state index in [1.54, 1.807) is 7.11 Å². The predicted molar refractivity (Wildman–Crippen MR) is 70.0 cm³/mol. The van der Waals surface area contributed by atoms with Gasteiger partial charge in [0.05, 0.1) is 18.8 Å². The molecule has 0 spiro atoms. The number of rotatable bonds is 8. The zero-order valence-electron chi connectivity index (χ0n) is 10.7. The van der Waals surface area contributed by atoms with Gasteiger partial charge in [-0.25, -0.2) is 0 Å². The monoisotopic (exact) mass is 237 g/mol. The zero-order chi connectivity index (χ0) is 12.5. The van der Waals surface area contributed by atoms with Crippen molar-refractivity contribution in [3.8, 4) is 0 Å². The quantitative estimate of drug-likeness (QED) is 0.681. The van der Waals surface area contributed by atoms with Gasteiger partial charge in [0, 0.05) is 7.11 Å². The second-order valence-electron chi connectivity index (χ2n) is 4.36. The zero-order valence-corrected chi connectivity index (χ0v) is 10.7. The molecule has 3 heteroatoms. The van der Waals surface area contributed by atoms with Crippen molar-refractivity contribution < 1.29 is 9.84 Å². The van der Waals surface area contributed by atoms with Crippen molar-refractivity contribution in [1.82, 2.24) is 5.32 Å². The third-order valence-electron chi connectivity index (χ3n) is 2.72. The van der Waals surface area contributed by atoms with Crippen molar-refractivity contribution in [3.05, 3.63) is 35.9 Å². The molecule has 0 saturated carbocycles. The van der Waals surface area contributed by atoms with Gasteiger partial charge in [0.25, 0.3) is 0 Å². The van der Waals surface area contributed by atoms with Gasteiger partial charge < -0.3 is 15.2 Å². The maximum atomic E-state index is 9.19. The lowest BCUT2D eigenvalue weighted by atomic mass is 10.1. The van der Waals surface area contributed by atoms with E-state index in [1.807, 2.05) is 25.1 Å². The minimum Gasteiger partial charge on any atom is -0.393 e. The van der Waals surface area contributed by atoms with E-state index in [-0.39, 0.29) is 12.1 Å². The number of hydrogen-bond acceptors (Lipinski definition) is 3. The molecule has 0 aliphatic carbocycles. The highest BCUT2D eigenvalue weighted by atomic mass is 16.5. The molecule has 2 unspecified atom stereocenters. The Labute approximate surface area is 104 Å². The molecule has 1 aromatic carbocycles. The van der Waals surface area contributed by atoms with Crippen LogP contribution in [0.5, 0.6) is 0 Å². The molecule has 96 valence electrons. The number of aliphatic hydroxyl groups is 1. The van der Waals surface area contributed by atoms with Gasteiger partial charge in [-0.2, -0.15) is 0 Å². The molecular weight excluding hydrogens is 214 g/mol. The van der Waals surface area contributed by atoms with Crippen LogP contribution >= 0.6 is 0 Å². The molecule has 1 aromatic rings. The Balaban J connectivity index is 2.39. The van der Waals surface area contributed by atoms with Crippen molar-refractivity contribution in [2.45, 2.75) is 31.9 Å². The Hall–Kier alpha value is -0.900. The van der Waals surface area contributed by atoms with E-state index in [0.29, 0.717) is 6.61 Å². The molecule has 0 saturated heterocycles. The van der Waals surface area contributed by atoms with Crippen LogP contribution in [-0.4, -0.2) is 31.5 Å². The first-order chi connectivity index (χ1) is 8.24. The maximum absolute atomic E-state index is 9.19. The van der Waals surface area contributed by atoms with Crippen molar-refractivity contribution in [2.24, 2.45) is 0 Å². The second-order valence-corrected chi connectivity index (χ2v) is 4.36. The molecule has 17 heavy (non-hydrogen) atoms. The topological polar surface area (TPSA) is 41.5 Å². The van der Waals surface area contributed by atoms with Gasteiger partial charge in [-0.1, -0.05) is 30.3 Å². The van der Waals surface area contributed by atoms with E-state index < -0.39 is 0 Å². The molecular formula is C14H23NO2.